The highest BCUT2D eigenvalue weighted by atomic mass is 35.5. The second-order valence-corrected chi connectivity index (χ2v) is 8.07. The Morgan fingerprint density at radius 1 is 1.29 bits per heavy atom. The maximum atomic E-state index is 12.3. The molecule has 3 N–H and O–H groups in total. The molecule has 0 spiro atoms. The lowest BCUT2D eigenvalue weighted by Crippen LogP contribution is -2.43. The maximum Gasteiger partial charge on any atom is 0.251 e. The van der Waals surface area contributed by atoms with Gasteiger partial charge in [-0.05, 0) is 17.7 Å². The molecule has 0 saturated carbocycles. The molecule has 24 heavy (non-hydrogen) atoms. The summed E-state index contributed by atoms with van der Waals surface area (Å²) in [5, 5.41) is 2.87. The van der Waals surface area contributed by atoms with Crippen molar-refractivity contribution < 1.29 is 17.9 Å². The molecule has 1 aromatic carbocycles. The van der Waals surface area contributed by atoms with E-state index in [-0.39, 0.29) is 36.0 Å². The molecule has 1 saturated heterocycles. The number of sulfonamides is 1. The van der Waals surface area contributed by atoms with Crippen LogP contribution < -0.4 is 11.1 Å². The maximum absolute atomic E-state index is 12.3. The van der Waals surface area contributed by atoms with E-state index in [1.165, 1.54) is 18.4 Å². The Morgan fingerprint density at radius 3 is 2.46 bits per heavy atom. The van der Waals surface area contributed by atoms with E-state index < -0.39 is 10.0 Å². The molecule has 1 fully saturated rings. The lowest BCUT2D eigenvalue weighted by atomic mass is 10.1. The number of nitrogens with zero attached hydrogens (tertiary/aromatic N) is 1. The van der Waals surface area contributed by atoms with Crippen LogP contribution in [0.2, 0.25) is 0 Å². The zero-order chi connectivity index (χ0) is 17.0. The molecule has 0 aromatic heterocycles. The Balaban J connectivity index is 0.00000288. The van der Waals surface area contributed by atoms with Crippen LogP contribution in [0, 0.1) is 5.92 Å². The smallest absolute Gasteiger partial charge is 0.251 e. The van der Waals surface area contributed by atoms with E-state index in [1.54, 1.807) is 24.3 Å². The lowest BCUT2D eigenvalue weighted by molar-refractivity contribution is 0.0926. The average molecular weight is 378 g/mol. The summed E-state index contributed by atoms with van der Waals surface area (Å²) in [5.74, 6) is -0.539. The van der Waals surface area contributed by atoms with Crippen molar-refractivity contribution in [2.24, 2.45) is 11.7 Å². The fraction of sp³-hybridized carbons (Fsp3) is 0.533. The minimum Gasteiger partial charge on any atom is -0.379 e. The molecule has 1 aliphatic heterocycles. The summed E-state index contributed by atoms with van der Waals surface area (Å²) < 4.78 is 30.6. The third kappa shape index (κ3) is 5.15. The SMILES string of the molecule is CN(C)S(=O)(=O)C[C@@H]1COC[C@H]1NC(=O)c1ccc(CN)cc1.Cl. The number of benzene rings is 1. The Morgan fingerprint density at radius 2 is 1.92 bits per heavy atom. The van der Waals surface area contributed by atoms with E-state index in [1.807, 2.05) is 0 Å². The molecule has 136 valence electrons. The van der Waals surface area contributed by atoms with E-state index in [4.69, 9.17) is 10.5 Å². The van der Waals surface area contributed by atoms with Crippen molar-refractivity contribution in [3.63, 3.8) is 0 Å². The van der Waals surface area contributed by atoms with Crippen molar-refractivity contribution >= 4 is 28.3 Å². The number of rotatable bonds is 6. The Labute approximate surface area is 149 Å². The van der Waals surface area contributed by atoms with Crippen LogP contribution in [0.5, 0.6) is 0 Å². The van der Waals surface area contributed by atoms with Crippen LogP contribution in [0.1, 0.15) is 15.9 Å². The van der Waals surface area contributed by atoms with Crippen LogP contribution in [-0.4, -0.2) is 57.7 Å². The molecular formula is C15H24ClN3O4S. The van der Waals surface area contributed by atoms with Crippen LogP contribution in [0.4, 0.5) is 0 Å². The van der Waals surface area contributed by atoms with Gasteiger partial charge in [-0.3, -0.25) is 4.79 Å². The Bertz CT molecular complexity index is 649. The summed E-state index contributed by atoms with van der Waals surface area (Å²) in [6, 6.07) is 6.70. The van der Waals surface area contributed by atoms with Gasteiger partial charge in [0.1, 0.15) is 0 Å². The number of hydrogen-bond acceptors (Lipinski definition) is 5. The van der Waals surface area contributed by atoms with Crippen molar-refractivity contribution in [1.82, 2.24) is 9.62 Å². The number of nitrogens with one attached hydrogen (secondary N) is 1. The second-order valence-electron chi connectivity index (χ2n) is 5.84. The number of carbonyl (C=O) groups is 1. The molecule has 9 heteroatoms. The van der Waals surface area contributed by atoms with E-state index in [2.05, 4.69) is 5.32 Å². The summed E-state index contributed by atoms with van der Waals surface area (Å²) >= 11 is 0. The predicted molar refractivity (Wildman–Crippen MR) is 94.6 cm³/mol. The van der Waals surface area contributed by atoms with Crippen LogP contribution in [0.3, 0.4) is 0 Å². The molecule has 0 radical (unpaired) electrons. The molecule has 7 nitrogen and oxygen atoms in total. The van der Waals surface area contributed by atoms with Crippen molar-refractivity contribution in [1.29, 1.82) is 0 Å². The average Bonchev–Trinajstić information content (AvgIpc) is 2.93. The van der Waals surface area contributed by atoms with Gasteiger partial charge >= 0.3 is 0 Å². The van der Waals surface area contributed by atoms with Gasteiger partial charge in [0.2, 0.25) is 10.0 Å². The number of ether oxygens (including phenoxy) is 1. The van der Waals surface area contributed by atoms with Crippen molar-refractivity contribution in [3.8, 4) is 0 Å². The highest BCUT2D eigenvalue weighted by Gasteiger charge is 2.34. The highest BCUT2D eigenvalue weighted by molar-refractivity contribution is 7.89. The number of hydrogen-bond donors (Lipinski definition) is 2. The summed E-state index contributed by atoms with van der Waals surface area (Å²) in [6.45, 7) is 1.06. The van der Waals surface area contributed by atoms with Gasteiger partial charge in [-0.15, -0.1) is 12.4 Å². The zero-order valence-corrected chi connectivity index (χ0v) is 15.4. The quantitative estimate of drug-likeness (QED) is 0.737. The Hall–Kier alpha value is -1.19. The molecule has 1 heterocycles. The van der Waals surface area contributed by atoms with Gasteiger partial charge in [-0.25, -0.2) is 12.7 Å². The standard InChI is InChI=1S/C15H23N3O4S.ClH/c1-18(2)23(20,21)10-13-8-22-9-14(13)17-15(19)12-5-3-11(7-16)4-6-12;/h3-6,13-14H,7-10,16H2,1-2H3,(H,17,19);1H/t13-,14+;/m0./s1. The van der Waals surface area contributed by atoms with Crippen LogP contribution >= 0.6 is 12.4 Å². The first-order valence-electron chi connectivity index (χ1n) is 7.41. The second kappa shape index (κ2) is 8.77. The first-order chi connectivity index (χ1) is 10.8. The van der Waals surface area contributed by atoms with E-state index >= 15 is 0 Å². The predicted octanol–water partition coefficient (Wildman–Crippen LogP) is 0.203. The number of carbonyl (C=O) groups excluding carboxylic acids is 1. The minimum atomic E-state index is -3.34. The van der Waals surface area contributed by atoms with Crippen molar-refractivity contribution in [2.75, 3.05) is 33.1 Å². The van der Waals surface area contributed by atoms with Gasteiger partial charge in [0.25, 0.3) is 5.91 Å². The number of nitrogens with two attached hydrogens (primary N) is 1. The highest BCUT2D eigenvalue weighted by Crippen LogP contribution is 2.18. The molecule has 0 aliphatic carbocycles. The van der Waals surface area contributed by atoms with Gasteiger partial charge in [0, 0.05) is 32.1 Å². The van der Waals surface area contributed by atoms with Crippen molar-refractivity contribution in [3.05, 3.63) is 35.4 Å². The van der Waals surface area contributed by atoms with Gasteiger partial charge in [-0.2, -0.15) is 0 Å². The fourth-order valence-corrected chi connectivity index (χ4v) is 3.55. The largest absolute Gasteiger partial charge is 0.379 e. The van der Waals surface area contributed by atoms with Gasteiger partial charge in [-0.1, -0.05) is 12.1 Å². The van der Waals surface area contributed by atoms with E-state index in [0.717, 1.165) is 5.56 Å². The lowest BCUT2D eigenvalue weighted by Gasteiger charge is -2.21. The van der Waals surface area contributed by atoms with Crippen LogP contribution in [0.25, 0.3) is 0 Å². The molecule has 0 bridgehead atoms. The molecule has 1 amide bonds. The minimum absolute atomic E-state index is 0. The van der Waals surface area contributed by atoms with E-state index in [0.29, 0.717) is 25.3 Å². The van der Waals surface area contributed by atoms with Gasteiger partial charge in [0.15, 0.2) is 0 Å². The van der Waals surface area contributed by atoms with Crippen molar-refractivity contribution in [2.45, 2.75) is 12.6 Å². The first kappa shape index (κ1) is 20.9. The molecule has 2 atom stereocenters. The zero-order valence-electron chi connectivity index (χ0n) is 13.8. The normalized spacial score (nSPS) is 20.7. The topological polar surface area (TPSA) is 102 Å². The van der Waals surface area contributed by atoms with Gasteiger partial charge < -0.3 is 15.8 Å². The molecule has 1 aromatic rings. The fourth-order valence-electron chi connectivity index (χ4n) is 2.39. The Kier molecular flexibility index (Phi) is 7.62. The summed E-state index contributed by atoms with van der Waals surface area (Å²) in [5.41, 5.74) is 6.99. The van der Waals surface area contributed by atoms with Crippen LogP contribution in [-0.2, 0) is 21.3 Å². The summed E-state index contributed by atoms with van der Waals surface area (Å²) in [4.78, 5) is 12.3. The first-order valence-corrected chi connectivity index (χ1v) is 9.02. The van der Waals surface area contributed by atoms with Crippen LogP contribution in [0.15, 0.2) is 24.3 Å². The molecule has 2 rings (SSSR count). The molecule has 0 unspecified atom stereocenters. The third-order valence-electron chi connectivity index (χ3n) is 3.95. The summed E-state index contributed by atoms with van der Waals surface area (Å²) in [7, 11) is -0.340. The van der Waals surface area contributed by atoms with Gasteiger partial charge in [0.05, 0.1) is 25.0 Å². The number of halogens is 1. The van der Waals surface area contributed by atoms with E-state index in [9.17, 15) is 13.2 Å². The monoisotopic (exact) mass is 377 g/mol. The summed E-state index contributed by atoms with van der Waals surface area (Å²) in [6.07, 6.45) is 0. The molecular weight excluding hydrogens is 354 g/mol. The number of amides is 1. The molecule has 1 aliphatic rings. The third-order valence-corrected chi connectivity index (χ3v) is 5.91.